The summed E-state index contributed by atoms with van der Waals surface area (Å²) in [5.74, 6) is -1.62. The monoisotopic (exact) mass is 214 g/mol. The molecule has 0 bridgehead atoms. The SMILES string of the molecule is OB(O)c1c(F)cc(F)c2sccc12. The predicted octanol–water partition coefficient (Wildman–Crippen LogP) is 0.859. The fourth-order valence-corrected chi connectivity index (χ4v) is 2.17. The molecule has 0 unspecified atom stereocenters. The molecule has 0 aliphatic heterocycles. The van der Waals surface area contributed by atoms with Gasteiger partial charge in [0.25, 0.3) is 0 Å². The normalized spacial score (nSPS) is 10.9. The van der Waals surface area contributed by atoms with Gasteiger partial charge in [-0.2, -0.15) is 0 Å². The summed E-state index contributed by atoms with van der Waals surface area (Å²) >= 11 is 1.09. The van der Waals surface area contributed by atoms with Crippen molar-refractivity contribution < 1.29 is 18.8 Å². The van der Waals surface area contributed by atoms with E-state index in [1.807, 2.05) is 0 Å². The second kappa shape index (κ2) is 3.31. The first-order valence-electron chi connectivity index (χ1n) is 3.82. The van der Waals surface area contributed by atoms with E-state index in [9.17, 15) is 8.78 Å². The Morgan fingerprint density at radius 3 is 2.57 bits per heavy atom. The maximum absolute atomic E-state index is 13.2. The van der Waals surface area contributed by atoms with Crippen LogP contribution in [-0.4, -0.2) is 17.2 Å². The predicted molar refractivity (Wildman–Crippen MR) is 51.6 cm³/mol. The molecule has 1 aromatic heterocycles. The lowest BCUT2D eigenvalue weighted by atomic mass is 9.78. The van der Waals surface area contributed by atoms with Crippen LogP contribution in [-0.2, 0) is 0 Å². The summed E-state index contributed by atoms with van der Waals surface area (Å²) in [7, 11) is -1.92. The molecule has 0 spiro atoms. The first kappa shape index (κ1) is 9.58. The lowest BCUT2D eigenvalue weighted by molar-refractivity contribution is 0.423. The molecule has 0 radical (unpaired) electrons. The van der Waals surface area contributed by atoms with Gasteiger partial charge in [-0.3, -0.25) is 0 Å². The number of thiophene rings is 1. The third-order valence-corrected chi connectivity index (χ3v) is 2.86. The molecular weight excluding hydrogens is 209 g/mol. The molecule has 2 N–H and O–H groups in total. The van der Waals surface area contributed by atoms with Crippen LogP contribution >= 0.6 is 11.3 Å². The Bertz CT molecular complexity index is 483. The summed E-state index contributed by atoms with van der Waals surface area (Å²) < 4.78 is 26.5. The highest BCUT2D eigenvalue weighted by Crippen LogP contribution is 2.23. The molecule has 0 aliphatic carbocycles. The summed E-state index contributed by atoms with van der Waals surface area (Å²) in [6.45, 7) is 0. The van der Waals surface area contributed by atoms with E-state index in [1.54, 1.807) is 5.38 Å². The van der Waals surface area contributed by atoms with E-state index in [0.717, 1.165) is 11.3 Å². The van der Waals surface area contributed by atoms with E-state index in [-0.39, 0.29) is 15.5 Å². The highest BCUT2D eigenvalue weighted by atomic mass is 32.1. The van der Waals surface area contributed by atoms with E-state index in [4.69, 9.17) is 10.0 Å². The minimum absolute atomic E-state index is 0.211. The molecule has 2 nitrogen and oxygen atoms in total. The zero-order valence-electron chi connectivity index (χ0n) is 6.87. The largest absolute Gasteiger partial charge is 0.492 e. The summed E-state index contributed by atoms with van der Waals surface area (Å²) in [5.41, 5.74) is -0.275. The van der Waals surface area contributed by atoms with E-state index in [0.29, 0.717) is 6.07 Å². The third kappa shape index (κ3) is 1.32. The lowest BCUT2D eigenvalue weighted by Crippen LogP contribution is -2.33. The molecule has 6 heteroatoms. The van der Waals surface area contributed by atoms with Crippen molar-refractivity contribution in [3.8, 4) is 0 Å². The average molecular weight is 214 g/mol. The number of hydrogen-bond donors (Lipinski definition) is 2. The van der Waals surface area contributed by atoms with Crippen LogP contribution < -0.4 is 5.46 Å². The molecule has 2 rings (SSSR count). The zero-order valence-corrected chi connectivity index (χ0v) is 7.68. The number of benzene rings is 1. The van der Waals surface area contributed by atoms with Crippen LogP contribution in [0.15, 0.2) is 17.5 Å². The van der Waals surface area contributed by atoms with Crippen molar-refractivity contribution in [2.75, 3.05) is 0 Å². The maximum Gasteiger partial charge on any atom is 0.492 e. The van der Waals surface area contributed by atoms with Crippen LogP contribution in [0.2, 0.25) is 0 Å². The Morgan fingerprint density at radius 2 is 1.93 bits per heavy atom. The number of fused-ring (bicyclic) bond motifs is 1. The second-order valence-electron chi connectivity index (χ2n) is 2.79. The van der Waals surface area contributed by atoms with Crippen LogP contribution in [0.5, 0.6) is 0 Å². The van der Waals surface area contributed by atoms with Gasteiger partial charge in [0.1, 0.15) is 11.6 Å². The van der Waals surface area contributed by atoms with E-state index < -0.39 is 18.8 Å². The quantitative estimate of drug-likeness (QED) is 0.691. The van der Waals surface area contributed by atoms with E-state index >= 15 is 0 Å². The Balaban J connectivity index is 2.86. The first-order valence-corrected chi connectivity index (χ1v) is 4.70. The van der Waals surface area contributed by atoms with E-state index in [2.05, 4.69) is 0 Å². The molecular formula is C8H5BF2O2S. The summed E-state index contributed by atoms with van der Waals surface area (Å²) in [5, 5.41) is 19.6. The van der Waals surface area contributed by atoms with Gasteiger partial charge in [-0.1, -0.05) is 0 Å². The molecule has 1 aromatic carbocycles. The van der Waals surface area contributed by atoms with Crippen molar-refractivity contribution in [1.82, 2.24) is 0 Å². The van der Waals surface area contributed by atoms with Gasteiger partial charge in [-0.15, -0.1) is 11.3 Å². The fourth-order valence-electron chi connectivity index (χ4n) is 1.35. The highest BCUT2D eigenvalue weighted by Gasteiger charge is 2.22. The molecule has 0 saturated carbocycles. The van der Waals surface area contributed by atoms with Crippen molar-refractivity contribution >= 4 is 34.0 Å². The number of halogens is 2. The molecule has 0 atom stereocenters. The van der Waals surface area contributed by atoms with Crippen LogP contribution in [0.4, 0.5) is 8.78 Å². The van der Waals surface area contributed by atoms with Crippen LogP contribution in [0.3, 0.4) is 0 Å². The molecule has 72 valence electrons. The highest BCUT2D eigenvalue weighted by molar-refractivity contribution is 7.17. The average Bonchev–Trinajstić information content (AvgIpc) is 2.51. The van der Waals surface area contributed by atoms with Gasteiger partial charge >= 0.3 is 7.12 Å². The van der Waals surface area contributed by atoms with Crippen molar-refractivity contribution in [3.63, 3.8) is 0 Å². The Morgan fingerprint density at radius 1 is 1.21 bits per heavy atom. The van der Waals surface area contributed by atoms with E-state index in [1.165, 1.54) is 6.07 Å². The molecule has 1 heterocycles. The molecule has 0 amide bonds. The summed E-state index contributed by atoms with van der Waals surface area (Å²) in [4.78, 5) is 0. The van der Waals surface area contributed by atoms with Crippen molar-refractivity contribution in [3.05, 3.63) is 29.1 Å². The van der Waals surface area contributed by atoms with Crippen LogP contribution in [0.1, 0.15) is 0 Å². The summed E-state index contributed by atoms with van der Waals surface area (Å²) in [6.07, 6.45) is 0. The standard InChI is InChI=1S/C8H5BF2O2S/c10-5-3-6(11)8-4(1-2-14-8)7(5)9(12)13/h1-3,12-13H. The van der Waals surface area contributed by atoms with Gasteiger partial charge < -0.3 is 10.0 Å². The van der Waals surface area contributed by atoms with Crippen LogP contribution in [0, 0.1) is 11.6 Å². The Hall–Kier alpha value is -0.975. The maximum atomic E-state index is 13.2. The number of hydrogen-bond acceptors (Lipinski definition) is 3. The van der Waals surface area contributed by atoms with Crippen molar-refractivity contribution in [2.45, 2.75) is 0 Å². The Kier molecular flexibility index (Phi) is 2.26. The fraction of sp³-hybridized carbons (Fsp3) is 0. The van der Waals surface area contributed by atoms with Gasteiger partial charge in [0, 0.05) is 11.5 Å². The van der Waals surface area contributed by atoms with Gasteiger partial charge in [0.15, 0.2) is 0 Å². The molecule has 0 aliphatic rings. The van der Waals surface area contributed by atoms with Crippen molar-refractivity contribution in [2.24, 2.45) is 0 Å². The lowest BCUT2D eigenvalue weighted by Gasteiger charge is -2.03. The Labute approximate surface area is 82.6 Å². The van der Waals surface area contributed by atoms with Crippen LogP contribution in [0.25, 0.3) is 10.1 Å². The molecule has 0 saturated heterocycles. The zero-order chi connectivity index (χ0) is 10.3. The molecule has 14 heavy (non-hydrogen) atoms. The van der Waals surface area contributed by atoms with Gasteiger partial charge in [0.05, 0.1) is 4.70 Å². The molecule has 0 fully saturated rings. The minimum Gasteiger partial charge on any atom is -0.423 e. The second-order valence-corrected chi connectivity index (χ2v) is 3.71. The number of rotatable bonds is 1. The van der Waals surface area contributed by atoms with Gasteiger partial charge in [0.2, 0.25) is 0 Å². The first-order chi connectivity index (χ1) is 6.61. The van der Waals surface area contributed by atoms with Crippen molar-refractivity contribution in [1.29, 1.82) is 0 Å². The third-order valence-electron chi connectivity index (χ3n) is 1.94. The minimum atomic E-state index is -1.92. The topological polar surface area (TPSA) is 40.5 Å². The van der Waals surface area contributed by atoms with Gasteiger partial charge in [-0.25, -0.2) is 8.78 Å². The molecule has 2 aromatic rings. The summed E-state index contributed by atoms with van der Waals surface area (Å²) in [6, 6.07) is 2.12. The van der Waals surface area contributed by atoms with Gasteiger partial charge in [-0.05, 0) is 16.8 Å². The smallest absolute Gasteiger partial charge is 0.423 e.